The number of nitrogens with zero attached hydrogens (tertiary/aromatic N) is 3. The highest BCUT2D eigenvalue weighted by molar-refractivity contribution is 9.10. The van der Waals surface area contributed by atoms with Crippen LogP contribution in [0.1, 0.15) is 21.6 Å². The van der Waals surface area contributed by atoms with E-state index in [1.54, 1.807) is 30.3 Å². The average molecular weight is 546 g/mol. The predicted octanol–water partition coefficient (Wildman–Crippen LogP) is 0.979. The van der Waals surface area contributed by atoms with E-state index in [4.69, 9.17) is 5.11 Å². The van der Waals surface area contributed by atoms with Gasteiger partial charge in [-0.1, -0.05) is 6.07 Å². The molecule has 0 fully saturated rings. The molecule has 184 valence electrons. The molecule has 1 amide bonds. The van der Waals surface area contributed by atoms with Crippen LogP contribution in [0.3, 0.4) is 0 Å². The molecule has 3 atom stereocenters. The van der Waals surface area contributed by atoms with Gasteiger partial charge in [-0.05, 0) is 65.2 Å². The Labute approximate surface area is 207 Å². The summed E-state index contributed by atoms with van der Waals surface area (Å²) in [5.74, 6) is -0.698. The number of aliphatic hydroxyl groups excluding tert-OH is 4. The van der Waals surface area contributed by atoms with Gasteiger partial charge < -0.3 is 30.0 Å². The van der Waals surface area contributed by atoms with Crippen molar-refractivity contribution in [1.82, 2.24) is 19.5 Å². The Bertz CT molecular complexity index is 1480. The molecule has 0 radical (unpaired) electrons. The largest absolute Gasteiger partial charge is 0.394 e. The van der Waals surface area contributed by atoms with Crippen LogP contribution in [0.4, 0.5) is 5.95 Å². The Kier molecular flexibility index (Phi) is 7.01. The molecule has 0 aliphatic rings. The normalized spacial score (nSPS) is 14.3. The van der Waals surface area contributed by atoms with E-state index in [9.17, 15) is 24.9 Å². The summed E-state index contributed by atoms with van der Waals surface area (Å²) >= 11 is 3.39. The Balaban J connectivity index is 1.77. The lowest BCUT2D eigenvalue weighted by Crippen LogP contribution is -2.44. The predicted molar refractivity (Wildman–Crippen MR) is 132 cm³/mol. The third-order valence-electron chi connectivity index (χ3n) is 5.82. The number of aliphatic hydroxyl groups is 4. The number of benzene rings is 2. The first-order valence-corrected chi connectivity index (χ1v) is 11.5. The zero-order valence-electron chi connectivity index (χ0n) is 18.9. The molecular formula is C23H24BrN5O6. The van der Waals surface area contributed by atoms with Crippen LogP contribution in [0.5, 0.6) is 0 Å². The zero-order valence-corrected chi connectivity index (χ0v) is 20.4. The molecule has 4 rings (SSSR count). The third kappa shape index (κ3) is 4.83. The zero-order chi connectivity index (χ0) is 25.4. The summed E-state index contributed by atoms with van der Waals surface area (Å²) < 4.78 is 1.85. The summed E-state index contributed by atoms with van der Waals surface area (Å²) in [4.78, 5) is 38.0. The topological polar surface area (TPSA) is 174 Å². The number of aromatic amines is 1. The summed E-state index contributed by atoms with van der Waals surface area (Å²) in [6.45, 7) is 2.47. The molecule has 0 saturated carbocycles. The molecular weight excluding hydrogens is 522 g/mol. The number of hydrogen-bond acceptors (Lipinski definition) is 8. The molecule has 3 unspecified atom stereocenters. The standard InChI is InChI=1S/C23H24BrN5O6/c1-10-6-14-15(7-11(10)2)29(8-16(31)20(33)17(32)9-30)22(35)19(25-14)21(34)28-23-26-13-5-3-4-12(24)18(13)27-23/h3-7,16-17,20,30-33H,8-9H2,1-2H3,(H2,26,27,28,34). The highest BCUT2D eigenvalue weighted by atomic mass is 79.9. The van der Waals surface area contributed by atoms with E-state index < -0.39 is 48.6 Å². The van der Waals surface area contributed by atoms with Crippen LogP contribution in [0, 0.1) is 13.8 Å². The Morgan fingerprint density at radius 1 is 1.14 bits per heavy atom. The minimum atomic E-state index is -1.71. The number of aryl methyl sites for hydroxylation is 2. The SMILES string of the molecule is Cc1cc2nc(C(=O)Nc3nc4c(Br)cccc4[nH]3)c(=O)n(CC(O)C(O)C(O)CO)c2cc1C. The number of imidazole rings is 1. The number of amides is 1. The van der Waals surface area contributed by atoms with Crippen molar-refractivity contribution in [3.05, 3.63) is 62.0 Å². The number of hydrogen-bond donors (Lipinski definition) is 6. The maximum Gasteiger partial charge on any atom is 0.282 e. The maximum atomic E-state index is 13.3. The van der Waals surface area contributed by atoms with Crippen molar-refractivity contribution in [1.29, 1.82) is 0 Å². The van der Waals surface area contributed by atoms with E-state index in [0.29, 0.717) is 22.1 Å². The van der Waals surface area contributed by atoms with Gasteiger partial charge in [-0.15, -0.1) is 0 Å². The molecule has 12 heteroatoms. The van der Waals surface area contributed by atoms with Crippen LogP contribution in [-0.4, -0.2) is 70.8 Å². The number of carbonyl (C=O) groups excluding carboxylic acids is 1. The summed E-state index contributed by atoms with van der Waals surface area (Å²) in [5, 5.41) is 41.8. The number of carbonyl (C=O) groups is 1. The fourth-order valence-corrected chi connectivity index (χ4v) is 4.16. The van der Waals surface area contributed by atoms with Gasteiger partial charge in [0, 0.05) is 4.47 Å². The molecule has 2 aromatic heterocycles. The lowest BCUT2D eigenvalue weighted by atomic mass is 10.1. The van der Waals surface area contributed by atoms with E-state index in [2.05, 4.69) is 36.2 Å². The lowest BCUT2D eigenvalue weighted by molar-refractivity contribution is -0.0805. The molecule has 2 heterocycles. The van der Waals surface area contributed by atoms with Crippen molar-refractivity contribution >= 4 is 49.9 Å². The van der Waals surface area contributed by atoms with Gasteiger partial charge >= 0.3 is 0 Å². The van der Waals surface area contributed by atoms with Gasteiger partial charge in [0.1, 0.15) is 23.8 Å². The number of rotatable bonds is 7. The first kappa shape index (κ1) is 24.9. The van der Waals surface area contributed by atoms with Crippen molar-refractivity contribution in [3.8, 4) is 0 Å². The van der Waals surface area contributed by atoms with Crippen molar-refractivity contribution in [3.63, 3.8) is 0 Å². The smallest absolute Gasteiger partial charge is 0.282 e. The first-order valence-electron chi connectivity index (χ1n) is 10.7. The molecule has 2 aromatic carbocycles. The number of anilines is 1. The van der Waals surface area contributed by atoms with E-state index in [0.717, 1.165) is 20.2 Å². The van der Waals surface area contributed by atoms with E-state index in [1.807, 2.05) is 13.8 Å². The molecule has 0 bridgehead atoms. The van der Waals surface area contributed by atoms with E-state index >= 15 is 0 Å². The maximum absolute atomic E-state index is 13.3. The Hall–Kier alpha value is -3.16. The Morgan fingerprint density at radius 2 is 1.86 bits per heavy atom. The van der Waals surface area contributed by atoms with Gasteiger partial charge in [-0.2, -0.15) is 0 Å². The first-order chi connectivity index (χ1) is 16.6. The van der Waals surface area contributed by atoms with Crippen LogP contribution in [-0.2, 0) is 6.54 Å². The van der Waals surface area contributed by atoms with Gasteiger partial charge in [0.25, 0.3) is 11.5 Å². The van der Waals surface area contributed by atoms with Crippen LogP contribution >= 0.6 is 15.9 Å². The average Bonchev–Trinajstić information content (AvgIpc) is 3.24. The second-order valence-electron chi connectivity index (χ2n) is 8.28. The molecule has 0 aliphatic heterocycles. The van der Waals surface area contributed by atoms with Gasteiger partial charge in [0.05, 0.1) is 29.7 Å². The number of para-hydroxylation sites is 1. The number of fused-ring (bicyclic) bond motifs is 2. The molecule has 0 saturated heterocycles. The molecule has 35 heavy (non-hydrogen) atoms. The highest BCUT2D eigenvalue weighted by Crippen LogP contribution is 2.23. The van der Waals surface area contributed by atoms with Crippen molar-refractivity contribution in [2.24, 2.45) is 0 Å². The summed E-state index contributed by atoms with van der Waals surface area (Å²) in [6, 6.07) is 8.79. The number of halogens is 1. The second-order valence-corrected chi connectivity index (χ2v) is 9.14. The van der Waals surface area contributed by atoms with Gasteiger partial charge in [0.2, 0.25) is 5.95 Å². The summed E-state index contributed by atoms with van der Waals surface area (Å²) in [5.41, 5.74) is 2.41. The summed E-state index contributed by atoms with van der Waals surface area (Å²) in [6.07, 6.45) is -4.92. The monoisotopic (exact) mass is 545 g/mol. The fraction of sp³-hybridized carbons (Fsp3) is 0.304. The molecule has 6 N–H and O–H groups in total. The van der Waals surface area contributed by atoms with Crippen LogP contribution in [0.25, 0.3) is 22.1 Å². The van der Waals surface area contributed by atoms with Gasteiger partial charge in [-0.25, -0.2) is 9.97 Å². The van der Waals surface area contributed by atoms with Crippen LogP contribution < -0.4 is 10.9 Å². The third-order valence-corrected chi connectivity index (χ3v) is 6.46. The molecule has 11 nitrogen and oxygen atoms in total. The van der Waals surface area contributed by atoms with Crippen molar-refractivity contribution in [2.75, 3.05) is 11.9 Å². The number of H-pyrrole nitrogens is 1. The number of nitrogens with one attached hydrogen (secondary N) is 2. The molecule has 4 aromatic rings. The summed E-state index contributed by atoms with van der Waals surface area (Å²) in [7, 11) is 0. The van der Waals surface area contributed by atoms with Crippen molar-refractivity contribution < 1.29 is 25.2 Å². The lowest BCUT2D eigenvalue weighted by Gasteiger charge is -2.23. The van der Waals surface area contributed by atoms with Crippen LogP contribution in [0.15, 0.2) is 39.6 Å². The minimum absolute atomic E-state index is 0.117. The molecule has 0 aliphatic carbocycles. The quantitative estimate of drug-likeness (QED) is 0.199. The van der Waals surface area contributed by atoms with E-state index in [1.165, 1.54) is 0 Å². The van der Waals surface area contributed by atoms with Crippen molar-refractivity contribution in [2.45, 2.75) is 38.7 Å². The van der Waals surface area contributed by atoms with Gasteiger partial charge in [-0.3, -0.25) is 14.9 Å². The van der Waals surface area contributed by atoms with E-state index in [-0.39, 0.29) is 5.95 Å². The Morgan fingerprint density at radius 3 is 2.54 bits per heavy atom. The van der Waals surface area contributed by atoms with Gasteiger partial charge in [0.15, 0.2) is 5.69 Å². The number of aromatic nitrogens is 4. The highest BCUT2D eigenvalue weighted by Gasteiger charge is 2.27. The van der Waals surface area contributed by atoms with Crippen LogP contribution in [0.2, 0.25) is 0 Å². The minimum Gasteiger partial charge on any atom is -0.394 e. The molecule has 0 spiro atoms. The second kappa shape index (κ2) is 9.84. The fourth-order valence-electron chi connectivity index (χ4n) is 3.71.